The van der Waals surface area contributed by atoms with E-state index in [1.165, 1.54) is 5.56 Å². The van der Waals surface area contributed by atoms with Crippen LogP contribution in [0.3, 0.4) is 0 Å². The molecule has 1 N–H and O–H groups in total. The molecule has 3 heteroatoms. The van der Waals surface area contributed by atoms with Crippen molar-refractivity contribution in [1.82, 2.24) is 10.2 Å². The van der Waals surface area contributed by atoms with E-state index in [1.807, 2.05) is 12.3 Å². The fourth-order valence-corrected chi connectivity index (χ4v) is 1.79. The Morgan fingerprint density at radius 1 is 1.42 bits per heavy atom. The summed E-state index contributed by atoms with van der Waals surface area (Å²) in [5.74, 6) is 1.02. The molecule has 0 aromatic carbocycles. The minimum Gasteiger partial charge on any atom is -0.468 e. The molecule has 0 aliphatic heterocycles. The quantitative estimate of drug-likeness (QED) is 0.763. The second-order valence-electron chi connectivity index (χ2n) is 6.34. The van der Waals surface area contributed by atoms with E-state index in [9.17, 15) is 0 Å². The smallest absolute Gasteiger partial charge is 0.118 e. The first-order valence-electron chi connectivity index (χ1n) is 6.98. The monoisotopic (exact) mass is 264 g/mol. The summed E-state index contributed by atoms with van der Waals surface area (Å²) in [7, 11) is 0. The van der Waals surface area contributed by atoms with Gasteiger partial charge in [0, 0.05) is 30.2 Å². The zero-order valence-corrected chi connectivity index (χ0v) is 13.0. The summed E-state index contributed by atoms with van der Waals surface area (Å²) in [6.07, 6.45) is 3.78. The van der Waals surface area contributed by atoms with Crippen LogP contribution in [0.4, 0.5) is 0 Å². The van der Waals surface area contributed by atoms with Crippen LogP contribution in [0.2, 0.25) is 0 Å². The van der Waals surface area contributed by atoms with Crippen molar-refractivity contribution in [3.8, 4) is 0 Å². The van der Waals surface area contributed by atoms with Gasteiger partial charge in [-0.25, -0.2) is 0 Å². The number of rotatable bonds is 7. The van der Waals surface area contributed by atoms with Crippen molar-refractivity contribution >= 4 is 0 Å². The summed E-state index contributed by atoms with van der Waals surface area (Å²) in [6.45, 7) is 17.2. The third kappa shape index (κ3) is 6.08. The van der Waals surface area contributed by atoms with Gasteiger partial charge in [0.1, 0.15) is 5.76 Å². The van der Waals surface area contributed by atoms with Crippen LogP contribution in [0.15, 0.2) is 29.4 Å². The molecule has 1 rings (SSSR count). The topological polar surface area (TPSA) is 28.4 Å². The summed E-state index contributed by atoms with van der Waals surface area (Å²) in [4.78, 5) is 2.33. The average molecular weight is 264 g/mol. The van der Waals surface area contributed by atoms with Crippen molar-refractivity contribution < 1.29 is 4.42 Å². The number of hydrogen-bond acceptors (Lipinski definition) is 3. The van der Waals surface area contributed by atoms with Crippen LogP contribution in [0, 0.1) is 0 Å². The van der Waals surface area contributed by atoms with Gasteiger partial charge in [-0.1, -0.05) is 6.08 Å². The molecule has 0 bridgehead atoms. The van der Waals surface area contributed by atoms with E-state index >= 15 is 0 Å². The number of furan rings is 1. The highest BCUT2D eigenvalue weighted by atomic mass is 16.3. The molecular formula is C16H28N2O. The first-order valence-corrected chi connectivity index (χ1v) is 6.98. The van der Waals surface area contributed by atoms with Crippen LogP contribution in [0.25, 0.3) is 0 Å². The molecule has 108 valence electrons. The van der Waals surface area contributed by atoms with Crippen LogP contribution in [-0.4, -0.2) is 23.0 Å². The lowest BCUT2D eigenvalue weighted by atomic mass is 10.1. The molecule has 0 aliphatic carbocycles. The fraction of sp³-hybridized carbons (Fsp3) is 0.625. The molecule has 3 nitrogen and oxygen atoms in total. The summed E-state index contributed by atoms with van der Waals surface area (Å²) < 4.78 is 5.64. The van der Waals surface area contributed by atoms with E-state index in [-0.39, 0.29) is 5.54 Å². The molecule has 19 heavy (non-hydrogen) atoms. The second kappa shape index (κ2) is 6.92. The van der Waals surface area contributed by atoms with Crippen LogP contribution in [0.1, 0.15) is 45.9 Å². The Labute approximate surface area is 117 Å². The van der Waals surface area contributed by atoms with E-state index in [2.05, 4.69) is 57.5 Å². The Hall–Kier alpha value is -1.06. The van der Waals surface area contributed by atoms with Gasteiger partial charge in [-0.15, -0.1) is 6.58 Å². The molecule has 0 fully saturated rings. The van der Waals surface area contributed by atoms with Crippen LogP contribution < -0.4 is 5.32 Å². The maximum absolute atomic E-state index is 5.64. The SMILES string of the molecule is C=CCN(Cc1cc(CNC(C)(C)C)co1)C(C)C. The van der Waals surface area contributed by atoms with Gasteiger partial charge in [0.15, 0.2) is 0 Å². The highest BCUT2D eigenvalue weighted by Gasteiger charge is 2.13. The predicted molar refractivity (Wildman–Crippen MR) is 81.0 cm³/mol. The first-order chi connectivity index (χ1) is 8.81. The van der Waals surface area contributed by atoms with Gasteiger partial charge in [0.2, 0.25) is 0 Å². The summed E-state index contributed by atoms with van der Waals surface area (Å²) >= 11 is 0. The molecule has 1 heterocycles. The third-order valence-electron chi connectivity index (χ3n) is 2.98. The largest absolute Gasteiger partial charge is 0.468 e. The zero-order valence-electron chi connectivity index (χ0n) is 13.0. The second-order valence-corrected chi connectivity index (χ2v) is 6.34. The molecule has 0 unspecified atom stereocenters. The molecular weight excluding hydrogens is 236 g/mol. The van der Waals surface area contributed by atoms with Crippen molar-refractivity contribution in [2.45, 2.75) is 59.3 Å². The lowest BCUT2D eigenvalue weighted by Crippen LogP contribution is -2.34. The van der Waals surface area contributed by atoms with E-state index < -0.39 is 0 Å². The molecule has 0 aliphatic rings. The van der Waals surface area contributed by atoms with Crippen LogP contribution in [0.5, 0.6) is 0 Å². The maximum Gasteiger partial charge on any atom is 0.118 e. The molecule has 0 amide bonds. The van der Waals surface area contributed by atoms with E-state index in [0.717, 1.165) is 25.4 Å². The molecule has 0 spiro atoms. The maximum atomic E-state index is 5.64. The predicted octanol–water partition coefficient (Wildman–Crippen LogP) is 3.56. The molecule has 0 saturated carbocycles. The van der Waals surface area contributed by atoms with Crippen LogP contribution >= 0.6 is 0 Å². The summed E-state index contributed by atoms with van der Waals surface area (Å²) in [5.41, 5.74) is 1.33. The van der Waals surface area contributed by atoms with Gasteiger partial charge in [-0.3, -0.25) is 4.90 Å². The fourth-order valence-electron chi connectivity index (χ4n) is 1.79. The number of nitrogens with zero attached hydrogens (tertiary/aromatic N) is 1. The van der Waals surface area contributed by atoms with Crippen molar-refractivity contribution in [2.75, 3.05) is 6.54 Å². The van der Waals surface area contributed by atoms with E-state index in [4.69, 9.17) is 4.42 Å². The normalized spacial score (nSPS) is 12.4. The average Bonchev–Trinajstić information content (AvgIpc) is 2.72. The molecule has 1 aromatic heterocycles. The Morgan fingerprint density at radius 2 is 2.11 bits per heavy atom. The highest BCUT2D eigenvalue weighted by Crippen LogP contribution is 2.13. The van der Waals surface area contributed by atoms with Crippen molar-refractivity contribution in [2.24, 2.45) is 0 Å². The molecule has 1 aromatic rings. The van der Waals surface area contributed by atoms with Crippen molar-refractivity contribution in [3.63, 3.8) is 0 Å². The Kier molecular flexibility index (Phi) is 5.83. The first kappa shape index (κ1) is 16.0. The minimum absolute atomic E-state index is 0.129. The standard InChI is InChI=1S/C16H28N2O/c1-7-8-18(13(2)3)11-15-9-14(12-19-15)10-17-16(4,5)6/h7,9,12-13,17H,1,8,10-11H2,2-6H3. The molecule has 0 radical (unpaired) electrons. The third-order valence-corrected chi connectivity index (χ3v) is 2.98. The van der Waals surface area contributed by atoms with Gasteiger partial charge in [-0.2, -0.15) is 0 Å². The van der Waals surface area contributed by atoms with E-state index in [1.54, 1.807) is 0 Å². The van der Waals surface area contributed by atoms with Gasteiger partial charge < -0.3 is 9.73 Å². The van der Waals surface area contributed by atoms with Gasteiger partial charge in [0.05, 0.1) is 12.8 Å². The van der Waals surface area contributed by atoms with Crippen LogP contribution in [-0.2, 0) is 13.1 Å². The molecule has 0 atom stereocenters. The number of nitrogens with one attached hydrogen (secondary N) is 1. The summed E-state index contributed by atoms with van der Waals surface area (Å²) in [5, 5.41) is 3.46. The van der Waals surface area contributed by atoms with Gasteiger partial charge in [0.25, 0.3) is 0 Å². The highest BCUT2D eigenvalue weighted by molar-refractivity contribution is 5.13. The zero-order chi connectivity index (χ0) is 14.5. The Morgan fingerprint density at radius 3 is 2.63 bits per heavy atom. The lowest BCUT2D eigenvalue weighted by molar-refractivity contribution is 0.218. The number of hydrogen-bond donors (Lipinski definition) is 1. The lowest BCUT2D eigenvalue weighted by Gasteiger charge is -2.23. The minimum atomic E-state index is 0.129. The van der Waals surface area contributed by atoms with Gasteiger partial charge in [-0.05, 0) is 40.7 Å². The Balaban J connectivity index is 2.56. The van der Waals surface area contributed by atoms with Crippen molar-refractivity contribution in [3.05, 3.63) is 36.3 Å². The van der Waals surface area contributed by atoms with E-state index in [0.29, 0.717) is 6.04 Å². The molecule has 0 saturated heterocycles. The Bertz CT molecular complexity index is 388. The van der Waals surface area contributed by atoms with Crippen molar-refractivity contribution in [1.29, 1.82) is 0 Å². The summed E-state index contributed by atoms with van der Waals surface area (Å²) in [6, 6.07) is 2.62. The van der Waals surface area contributed by atoms with Gasteiger partial charge >= 0.3 is 0 Å².